The van der Waals surface area contributed by atoms with Crippen LogP contribution >= 0.6 is 15.9 Å². The van der Waals surface area contributed by atoms with E-state index in [9.17, 15) is 14.4 Å². The summed E-state index contributed by atoms with van der Waals surface area (Å²) >= 11 is 3.29. The number of hydrogen-bond acceptors (Lipinski definition) is 3. The van der Waals surface area contributed by atoms with E-state index in [1.165, 1.54) is 0 Å². The predicted molar refractivity (Wildman–Crippen MR) is 70.4 cm³/mol. The molecule has 1 unspecified atom stereocenters. The van der Waals surface area contributed by atoms with Crippen molar-refractivity contribution in [3.63, 3.8) is 0 Å². The van der Waals surface area contributed by atoms with Crippen molar-refractivity contribution in [3.8, 4) is 0 Å². The van der Waals surface area contributed by atoms with Gasteiger partial charge in [0.2, 0.25) is 11.8 Å². The minimum absolute atomic E-state index is 0.0306. The van der Waals surface area contributed by atoms with Gasteiger partial charge in [0, 0.05) is 10.9 Å². The molecule has 1 aliphatic heterocycles. The maximum atomic E-state index is 12.1. The van der Waals surface area contributed by atoms with E-state index in [1.54, 1.807) is 24.3 Å². The zero-order valence-corrected chi connectivity index (χ0v) is 11.6. The number of carboxylic acid groups (broad SMARTS) is 1. The van der Waals surface area contributed by atoms with Crippen LogP contribution in [0.15, 0.2) is 28.7 Å². The molecule has 1 heterocycles. The first-order valence-electron chi connectivity index (χ1n) is 5.81. The summed E-state index contributed by atoms with van der Waals surface area (Å²) in [4.78, 5) is 35.6. The van der Waals surface area contributed by atoms with E-state index >= 15 is 0 Å². The van der Waals surface area contributed by atoms with E-state index in [2.05, 4.69) is 15.9 Å². The number of carbonyl (C=O) groups excluding carboxylic acids is 2. The molecule has 1 aliphatic rings. The Morgan fingerprint density at radius 2 is 1.95 bits per heavy atom. The fourth-order valence-electron chi connectivity index (χ4n) is 2.09. The highest BCUT2D eigenvalue weighted by atomic mass is 79.9. The van der Waals surface area contributed by atoms with E-state index in [0.29, 0.717) is 0 Å². The van der Waals surface area contributed by atoms with Crippen molar-refractivity contribution in [2.45, 2.75) is 25.3 Å². The van der Waals surface area contributed by atoms with Gasteiger partial charge in [-0.2, -0.15) is 0 Å². The van der Waals surface area contributed by atoms with Crippen LogP contribution in [0.3, 0.4) is 0 Å². The number of rotatable bonds is 3. The topological polar surface area (TPSA) is 74.7 Å². The average Bonchev–Trinajstić information content (AvgIpc) is 2.74. The second kappa shape index (κ2) is 5.52. The molecule has 19 heavy (non-hydrogen) atoms. The Bertz CT molecular complexity index is 526. The molecule has 0 bridgehead atoms. The molecule has 2 rings (SSSR count). The lowest BCUT2D eigenvalue weighted by Gasteiger charge is -2.19. The van der Waals surface area contributed by atoms with Gasteiger partial charge in [-0.3, -0.25) is 14.5 Å². The van der Waals surface area contributed by atoms with E-state index in [1.807, 2.05) is 0 Å². The van der Waals surface area contributed by atoms with Crippen molar-refractivity contribution < 1.29 is 19.5 Å². The zero-order valence-electron chi connectivity index (χ0n) is 10.0. The first-order chi connectivity index (χ1) is 8.99. The first-order valence-corrected chi connectivity index (χ1v) is 6.60. The highest BCUT2D eigenvalue weighted by Crippen LogP contribution is 2.20. The number of hydrogen-bond donors (Lipinski definition) is 1. The van der Waals surface area contributed by atoms with Gasteiger partial charge >= 0.3 is 5.97 Å². The average molecular weight is 326 g/mol. The van der Waals surface area contributed by atoms with E-state index in [-0.39, 0.29) is 19.3 Å². The summed E-state index contributed by atoms with van der Waals surface area (Å²) in [5.74, 6) is -2.00. The molecule has 6 heteroatoms. The fourth-order valence-corrected chi connectivity index (χ4v) is 2.36. The van der Waals surface area contributed by atoms with Gasteiger partial charge in [0.25, 0.3) is 0 Å². The van der Waals surface area contributed by atoms with Crippen molar-refractivity contribution in [2.24, 2.45) is 0 Å². The molecule has 2 amide bonds. The van der Waals surface area contributed by atoms with Gasteiger partial charge in [0.05, 0.1) is 6.42 Å². The summed E-state index contributed by atoms with van der Waals surface area (Å²) in [5, 5.41) is 9.00. The molecule has 0 saturated carbocycles. The number of imide groups is 1. The van der Waals surface area contributed by atoms with Crippen LogP contribution in [0.1, 0.15) is 18.4 Å². The Morgan fingerprint density at radius 3 is 2.53 bits per heavy atom. The molecule has 0 spiro atoms. The first kappa shape index (κ1) is 13.7. The normalized spacial score (nSPS) is 18.7. The van der Waals surface area contributed by atoms with Crippen LogP contribution < -0.4 is 0 Å². The highest BCUT2D eigenvalue weighted by Gasteiger charge is 2.39. The van der Waals surface area contributed by atoms with Crippen LogP contribution in [-0.2, 0) is 20.8 Å². The molecule has 1 N–H and O–H groups in total. The molecular weight excluding hydrogens is 314 g/mol. The number of benzene rings is 1. The van der Waals surface area contributed by atoms with E-state index < -0.39 is 23.8 Å². The SMILES string of the molecule is O=C(O)C1CCC(=O)N1C(=O)Cc1ccc(Br)cc1. The third-order valence-corrected chi connectivity index (χ3v) is 3.56. The van der Waals surface area contributed by atoms with Crippen molar-refractivity contribution >= 4 is 33.7 Å². The maximum absolute atomic E-state index is 12.1. The maximum Gasteiger partial charge on any atom is 0.326 e. The Labute approximate surface area is 118 Å². The van der Waals surface area contributed by atoms with Gasteiger partial charge in [-0.05, 0) is 24.1 Å². The predicted octanol–water partition coefficient (Wildman–Crippen LogP) is 1.59. The molecule has 1 fully saturated rings. The van der Waals surface area contributed by atoms with Gasteiger partial charge in [0.15, 0.2) is 0 Å². The second-order valence-electron chi connectivity index (χ2n) is 4.35. The summed E-state index contributed by atoms with van der Waals surface area (Å²) in [5.41, 5.74) is 0.747. The molecule has 0 radical (unpaired) electrons. The smallest absolute Gasteiger partial charge is 0.326 e. The summed E-state index contributed by atoms with van der Waals surface area (Å²) < 4.78 is 0.893. The minimum Gasteiger partial charge on any atom is -0.480 e. The second-order valence-corrected chi connectivity index (χ2v) is 5.27. The number of nitrogens with zero attached hydrogens (tertiary/aromatic N) is 1. The van der Waals surface area contributed by atoms with Crippen LogP contribution in [0.25, 0.3) is 0 Å². The Balaban J connectivity index is 2.12. The summed E-state index contributed by atoms with van der Waals surface area (Å²) in [6, 6.07) is 6.10. The van der Waals surface area contributed by atoms with Gasteiger partial charge in [-0.15, -0.1) is 0 Å². The van der Waals surface area contributed by atoms with Gasteiger partial charge < -0.3 is 5.11 Å². The molecule has 1 aromatic carbocycles. The van der Waals surface area contributed by atoms with Gasteiger partial charge in [-0.1, -0.05) is 28.1 Å². The fraction of sp³-hybridized carbons (Fsp3) is 0.308. The van der Waals surface area contributed by atoms with Crippen molar-refractivity contribution in [1.29, 1.82) is 0 Å². The Hall–Kier alpha value is -1.69. The lowest BCUT2D eigenvalue weighted by molar-refractivity contribution is -0.153. The standard InChI is InChI=1S/C13H12BrNO4/c14-9-3-1-8(2-4-9)7-12(17)15-10(13(18)19)5-6-11(15)16/h1-4,10H,5-7H2,(H,18,19). The van der Waals surface area contributed by atoms with Crippen molar-refractivity contribution in [1.82, 2.24) is 4.90 Å². The molecule has 0 aliphatic carbocycles. The summed E-state index contributed by atoms with van der Waals surface area (Å²) in [7, 11) is 0. The molecule has 1 saturated heterocycles. The van der Waals surface area contributed by atoms with Crippen molar-refractivity contribution in [2.75, 3.05) is 0 Å². The summed E-state index contributed by atoms with van der Waals surface area (Å²) in [6.45, 7) is 0. The molecule has 0 aromatic heterocycles. The van der Waals surface area contributed by atoms with Crippen LogP contribution in [0.4, 0.5) is 0 Å². The van der Waals surface area contributed by atoms with Crippen LogP contribution in [0.2, 0.25) is 0 Å². The Kier molecular flexibility index (Phi) is 3.99. The number of amides is 2. The van der Waals surface area contributed by atoms with Crippen molar-refractivity contribution in [3.05, 3.63) is 34.3 Å². The molecule has 5 nitrogen and oxygen atoms in total. The number of aliphatic carboxylic acids is 1. The largest absolute Gasteiger partial charge is 0.480 e. The van der Waals surface area contributed by atoms with E-state index in [0.717, 1.165) is 14.9 Å². The molecular formula is C13H12BrNO4. The molecule has 100 valence electrons. The van der Waals surface area contributed by atoms with Gasteiger partial charge in [0.1, 0.15) is 6.04 Å². The summed E-state index contributed by atoms with van der Waals surface area (Å²) in [6.07, 6.45) is 0.339. The molecule has 1 atom stereocenters. The minimum atomic E-state index is -1.13. The monoisotopic (exact) mass is 325 g/mol. The van der Waals surface area contributed by atoms with Crippen LogP contribution in [0.5, 0.6) is 0 Å². The lowest BCUT2D eigenvalue weighted by atomic mass is 10.1. The lowest BCUT2D eigenvalue weighted by Crippen LogP contribution is -2.43. The number of halogens is 1. The van der Waals surface area contributed by atoms with Crippen LogP contribution in [-0.4, -0.2) is 33.8 Å². The Morgan fingerprint density at radius 1 is 1.32 bits per heavy atom. The number of carbonyl (C=O) groups is 3. The van der Waals surface area contributed by atoms with E-state index in [4.69, 9.17) is 5.11 Å². The highest BCUT2D eigenvalue weighted by molar-refractivity contribution is 9.10. The quantitative estimate of drug-likeness (QED) is 0.915. The third-order valence-electron chi connectivity index (χ3n) is 3.03. The third kappa shape index (κ3) is 3.01. The van der Waals surface area contributed by atoms with Crippen LogP contribution in [0, 0.1) is 0 Å². The molecule has 1 aromatic rings. The van der Waals surface area contributed by atoms with Gasteiger partial charge in [-0.25, -0.2) is 4.79 Å². The number of likely N-dealkylation sites (tertiary alicyclic amines) is 1. The number of carboxylic acids is 1. The zero-order chi connectivity index (χ0) is 14.0.